The highest BCUT2D eigenvalue weighted by molar-refractivity contribution is 6.36. The molecule has 0 aromatic heterocycles. The number of carbonyl (C=O) groups is 2. The Morgan fingerprint density at radius 1 is 0.875 bits per heavy atom. The molecule has 0 bridgehead atoms. The second kappa shape index (κ2) is 8.18. The van der Waals surface area contributed by atoms with Crippen LogP contribution in [0, 0.1) is 17.5 Å². The van der Waals surface area contributed by atoms with Gasteiger partial charge in [0.2, 0.25) is 0 Å². The summed E-state index contributed by atoms with van der Waals surface area (Å²) >= 11 is 0. The summed E-state index contributed by atoms with van der Waals surface area (Å²) < 4.78 is 70.2. The van der Waals surface area contributed by atoms with Crippen LogP contribution in [0.15, 0.2) is 18.2 Å². The molecule has 3 rings (SSSR count). The zero-order valence-electron chi connectivity index (χ0n) is 18.2. The van der Waals surface area contributed by atoms with Gasteiger partial charge in [-0.25, -0.2) is 26.9 Å². The molecular weight excluding hydrogens is 431 g/mol. The van der Waals surface area contributed by atoms with Crippen molar-refractivity contribution in [1.29, 1.82) is 0 Å². The fraction of sp³-hybridized carbons (Fsp3) is 0.391. The van der Waals surface area contributed by atoms with E-state index >= 15 is 0 Å². The third kappa shape index (κ3) is 3.84. The van der Waals surface area contributed by atoms with Crippen LogP contribution < -0.4 is 10.2 Å². The smallest absolute Gasteiger partial charge is 0.269 e. The van der Waals surface area contributed by atoms with Crippen LogP contribution in [0.1, 0.15) is 78.3 Å². The number of fused-ring (bicyclic) bond motifs is 1. The van der Waals surface area contributed by atoms with Gasteiger partial charge in [-0.3, -0.25) is 9.59 Å². The molecule has 0 atom stereocenters. The number of para-hydroxylation sites is 1. The van der Waals surface area contributed by atoms with Crippen molar-refractivity contribution in [2.24, 2.45) is 0 Å². The lowest BCUT2D eigenvalue weighted by Gasteiger charge is -2.25. The molecule has 1 aliphatic rings. The van der Waals surface area contributed by atoms with Gasteiger partial charge >= 0.3 is 0 Å². The van der Waals surface area contributed by atoms with E-state index in [4.69, 9.17) is 0 Å². The number of imide groups is 1. The van der Waals surface area contributed by atoms with Gasteiger partial charge in [0.1, 0.15) is 0 Å². The lowest BCUT2D eigenvalue weighted by Crippen LogP contribution is -2.32. The van der Waals surface area contributed by atoms with Crippen molar-refractivity contribution in [2.75, 3.05) is 16.8 Å². The number of anilines is 2. The Morgan fingerprint density at radius 2 is 1.38 bits per heavy atom. The largest absolute Gasteiger partial charge is 0.376 e. The summed E-state index contributed by atoms with van der Waals surface area (Å²) in [6.45, 7) is 6.71. The second-order valence-electron chi connectivity index (χ2n) is 8.53. The highest BCUT2D eigenvalue weighted by Crippen LogP contribution is 2.43. The summed E-state index contributed by atoms with van der Waals surface area (Å²) in [4.78, 5) is 27.2. The van der Waals surface area contributed by atoms with Crippen LogP contribution in [-0.2, 0) is 0 Å². The topological polar surface area (TPSA) is 49.4 Å². The maximum atomic E-state index is 14.7. The number of carbonyl (C=O) groups excluding carboxylic acids is 2. The monoisotopic (exact) mass is 454 g/mol. The molecule has 4 nitrogen and oxygen atoms in total. The Balaban J connectivity index is 2.28. The van der Waals surface area contributed by atoms with E-state index in [1.807, 2.05) is 33.0 Å². The molecule has 0 fully saturated rings. The van der Waals surface area contributed by atoms with Gasteiger partial charge in [-0.2, -0.15) is 0 Å². The molecule has 0 spiro atoms. The standard InChI is InChI=1S/C23H23F5N2O2/c1-10(2)12-7-6-8-13(11(3)4)20(12)30-21(31)14-15(22(30)32)19(29-9-23(5,27)28)18(26)17(25)16(14)24/h6-8,10-11,29H,9H2,1-5H3. The van der Waals surface area contributed by atoms with Gasteiger partial charge < -0.3 is 5.32 Å². The minimum Gasteiger partial charge on any atom is -0.376 e. The van der Waals surface area contributed by atoms with Gasteiger partial charge in [-0.1, -0.05) is 45.9 Å². The lowest BCUT2D eigenvalue weighted by molar-refractivity contribution is 0.0366. The van der Waals surface area contributed by atoms with Crippen LogP contribution in [0.2, 0.25) is 0 Å². The van der Waals surface area contributed by atoms with Gasteiger partial charge in [0.05, 0.1) is 29.0 Å². The predicted molar refractivity (Wildman–Crippen MR) is 111 cm³/mol. The quantitative estimate of drug-likeness (QED) is 0.320. The van der Waals surface area contributed by atoms with E-state index in [2.05, 4.69) is 0 Å². The SMILES string of the molecule is CC(C)c1cccc(C(C)C)c1N1C(=O)c2c(F)c(F)c(F)c(NCC(C)(F)F)c2C1=O. The predicted octanol–water partition coefficient (Wildman–Crippen LogP) is 6.22. The van der Waals surface area contributed by atoms with Crippen LogP contribution in [-0.4, -0.2) is 24.3 Å². The highest BCUT2D eigenvalue weighted by Gasteiger charge is 2.46. The van der Waals surface area contributed by atoms with E-state index in [1.165, 1.54) is 0 Å². The Morgan fingerprint density at radius 3 is 1.84 bits per heavy atom. The van der Waals surface area contributed by atoms with E-state index in [1.54, 1.807) is 18.2 Å². The van der Waals surface area contributed by atoms with E-state index in [9.17, 15) is 31.5 Å². The summed E-state index contributed by atoms with van der Waals surface area (Å²) in [6, 6.07) is 5.15. The van der Waals surface area contributed by atoms with Gasteiger partial charge in [-0.05, 0) is 23.0 Å². The molecule has 1 heterocycles. The molecule has 1 aliphatic heterocycles. The van der Waals surface area contributed by atoms with E-state index in [0.29, 0.717) is 23.0 Å². The van der Waals surface area contributed by atoms with Crippen molar-refractivity contribution < 1.29 is 31.5 Å². The van der Waals surface area contributed by atoms with Crippen molar-refractivity contribution in [2.45, 2.75) is 52.4 Å². The molecule has 2 aromatic carbocycles. The molecule has 1 N–H and O–H groups in total. The third-order valence-electron chi connectivity index (χ3n) is 5.30. The zero-order chi connectivity index (χ0) is 24.1. The number of alkyl halides is 2. The number of hydrogen-bond acceptors (Lipinski definition) is 3. The van der Waals surface area contributed by atoms with Gasteiger partial charge in [0, 0.05) is 6.92 Å². The van der Waals surface area contributed by atoms with Crippen molar-refractivity contribution >= 4 is 23.2 Å². The minimum absolute atomic E-state index is 0.150. The fourth-order valence-corrected chi connectivity index (χ4v) is 3.77. The molecular formula is C23H23F5N2O2. The average molecular weight is 454 g/mol. The van der Waals surface area contributed by atoms with Crippen LogP contribution in [0.5, 0.6) is 0 Å². The van der Waals surface area contributed by atoms with Crippen molar-refractivity contribution in [3.05, 3.63) is 57.9 Å². The summed E-state index contributed by atoms with van der Waals surface area (Å²) in [7, 11) is 0. The molecule has 2 amide bonds. The molecule has 2 aromatic rings. The first-order chi connectivity index (χ1) is 14.8. The number of nitrogens with one attached hydrogen (secondary N) is 1. The molecule has 9 heteroatoms. The van der Waals surface area contributed by atoms with E-state index in [0.717, 1.165) is 0 Å². The second-order valence-corrected chi connectivity index (χ2v) is 8.53. The zero-order valence-corrected chi connectivity index (χ0v) is 18.2. The summed E-state index contributed by atoms with van der Waals surface area (Å²) in [5, 5.41) is 1.99. The normalized spacial score (nSPS) is 14.1. The maximum absolute atomic E-state index is 14.7. The number of amides is 2. The van der Waals surface area contributed by atoms with Crippen molar-refractivity contribution in [3.63, 3.8) is 0 Å². The van der Waals surface area contributed by atoms with E-state index in [-0.39, 0.29) is 17.5 Å². The summed E-state index contributed by atoms with van der Waals surface area (Å²) in [6.07, 6.45) is 0. The Hall–Kier alpha value is -2.97. The first-order valence-electron chi connectivity index (χ1n) is 10.1. The molecule has 0 saturated heterocycles. The highest BCUT2D eigenvalue weighted by atomic mass is 19.3. The molecule has 0 aliphatic carbocycles. The van der Waals surface area contributed by atoms with E-state index < -0.39 is 58.5 Å². The first-order valence-corrected chi connectivity index (χ1v) is 10.1. The molecule has 172 valence electrons. The fourth-order valence-electron chi connectivity index (χ4n) is 3.77. The number of rotatable bonds is 6. The van der Waals surface area contributed by atoms with Crippen molar-refractivity contribution in [3.8, 4) is 0 Å². The number of hydrogen-bond donors (Lipinski definition) is 1. The number of halogens is 5. The number of nitrogens with zero attached hydrogens (tertiary/aromatic N) is 1. The van der Waals surface area contributed by atoms with Crippen LogP contribution in [0.4, 0.5) is 33.3 Å². The van der Waals surface area contributed by atoms with Gasteiger partial charge in [-0.15, -0.1) is 0 Å². The molecule has 0 radical (unpaired) electrons. The Labute approximate surface area is 182 Å². The summed E-state index contributed by atoms with van der Waals surface area (Å²) in [5.74, 6) is -11.6. The minimum atomic E-state index is -3.34. The van der Waals surface area contributed by atoms with Crippen LogP contribution in [0.25, 0.3) is 0 Å². The number of benzene rings is 2. The molecule has 0 unspecified atom stereocenters. The Kier molecular flexibility index (Phi) is 6.06. The molecule has 32 heavy (non-hydrogen) atoms. The Bertz CT molecular complexity index is 1080. The van der Waals surface area contributed by atoms with Gasteiger partial charge in [0.25, 0.3) is 17.7 Å². The maximum Gasteiger partial charge on any atom is 0.269 e. The van der Waals surface area contributed by atoms with Crippen molar-refractivity contribution in [1.82, 2.24) is 0 Å². The average Bonchev–Trinajstić information content (AvgIpc) is 2.95. The first kappa shape index (κ1) is 23.7. The third-order valence-corrected chi connectivity index (χ3v) is 5.30. The summed E-state index contributed by atoms with van der Waals surface area (Å²) in [5.41, 5.74) is -1.35. The lowest BCUT2D eigenvalue weighted by atomic mass is 9.92. The van der Waals surface area contributed by atoms with Gasteiger partial charge in [0.15, 0.2) is 17.5 Å². The molecule has 0 saturated carbocycles. The van der Waals surface area contributed by atoms with Crippen LogP contribution in [0.3, 0.4) is 0 Å². The van der Waals surface area contributed by atoms with Crippen LogP contribution >= 0.6 is 0 Å².